The molecule has 10 nitrogen and oxygen atoms in total. The smallest absolute Gasteiger partial charge is 0.282 e. The number of phenolic OH excluding ortho intramolecular Hbond substituents is 1. The Morgan fingerprint density at radius 1 is 1.20 bits per heavy atom. The average molecular weight is 409 g/mol. The number of halogens is 1. The molecule has 1 amide bonds. The molecule has 0 aliphatic heterocycles. The van der Waals surface area contributed by atoms with Crippen molar-refractivity contribution < 1.29 is 19.7 Å². The Labute approximate surface area is 148 Å². The average Bonchev–Trinajstić information content (AvgIpc) is 2.58. The molecule has 0 saturated carbocycles. The van der Waals surface area contributed by atoms with Crippen molar-refractivity contribution in [2.45, 2.75) is 0 Å². The van der Waals surface area contributed by atoms with Gasteiger partial charge in [0, 0.05) is 23.8 Å². The van der Waals surface area contributed by atoms with E-state index in [-0.39, 0.29) is 27.0 Å². The fraction of sp³-hybridized carbons (Fsp3) is 0. The zero-order valence-electron chi connectivity index (χ0n) is 12.2. The molecule has 128 valence electrons. The molecular formula is C14H9BrN4O6. The molecule has 0 saturated heterocycles. The minimum atomic E-state index is -0.840. The van der Waals surface area contributed by atoms with Crippen molar-refractivity contribution >= 4 is 39.4 Å². The number of carbonyl (C=O) groups is 1. The number of benzene rings is 2. The summed E-state index contributed by atoms with van der Waals surface area (Å²) in [7, 11) is 0. The Morgan fingerprint density at radius 2 is 1.88 bits per heavy atom. The van der Waals surface area contributed by atoms with Gasteiger partial charge in [-0.15, -0.1) is 0 Å². The lowest BCUT2D eigenvalue weighted by atomic mass is 10.2. The van der Waals surface area contributed by atoms with Crippen molar-refractivity contribution in [3.63, 3.8) is 0 Å². The maximum Gasteiger partial charge on any atom is 0.282 e. The second-order valence-corrected chi connectivity index (χ2v) is 5.45. The van der Waals surface area contributed by atoms with Crippen LogP contribution in [0.4, 0.5) is 11.4 Å². The molecule has 2 aromatic rings. The maximum absolute atomic E-state index is 12.0. The van der Waals surface area contributed by atoms with E-state index in [0.717, 1.165) is 18.3 Å². The first-order valence-electron chi connectivity index (χ1n) is 6.55. The number of nitrogens with zero attached hydrogens (tertiary/aromatic N) is 3. The highest BCUT2D eigenvalue weighted by molar-refractivity contribution is 9.10. The molecule has 0 aliphatic rings. The lowest BCUT2D eigenvalue weighted by Gasteiger charge is -2.03. The molecule has 0 spiro atoms. The van der Waals surface area contributed by atoms with Crippen LogP contribution in [0.3, 0.4) is 0 Å². The van der Waals surface area contributed by atoms with Crippen LogP contribution in [0.2, 0.25) is 0 Å². The van der Waals surface area contributed by atoms with Gasteiger partial charge in [0.1, 0.15) is 11.3 Å². The Morgan fingerprint density at radius 3 is 2.52 bits per heavy atom. The second-order valence-electron chi connectivity index (χ2n) is 4.60. The van der Waals surface area contributed by atoms with Crippen molar-refractivity contribution in [3.8, 4) is 5.75 Å². The zero-order chi connectivity index (χ0) is 18.6. The minimum absolute atomic E-state index is 0.0241. The summed E-state index contributed by atoms with van der Waals surface area (Å²) in [5, 5.41) is 35.1. The van der Waals surface area contributed by atoms with E-state index < -0.39 is 21.4 Å². The molecule has 0 radical (unpaired) electrons. The van der Waals surface area contributed by atoms with Crippen LogP contribution >= 0.6 is 15.9 Å². The number of hydrogen-bond acceptors (Lipinski definition) is 7. The maximum atomic E-state index is 12.0. The van der Waals surface area contributed by atoms with Crippen LogP contribution in [0.15, 0.2) is 46.0 Å². The van der Waals surface area contributed by atoms with E-state index in [4.69, 9.17) is 0 Å². The molecule has 0 aliphatic carbocycles. The van der Waals surface area contributed by atoms with Gasteiger partial charge in [0.05, 0.1) is 20.5 Å². The van der Waals surface area contributed by atoms with E-state index in [0.29, 0.717) is 0 Å². The van der Waals surface area contributed by atoms with E-state index in [1.807, 2.05) is 0 Å². The summed E-state index contributed by atoms with van der Waals surface area (Å²) in [6, 6.07) is 7.46. The minimum Gasteiger partial charge on any atom is -0.506 e. The molecule has 0 fully saturated rings. The molecular weight excluding hydrogens is 400 g/mol. The Bertz CT molecular complexity index is 899. The van der Waals surface area contributed by atoms with Gasteiger partial charge in [0.2, 0.25) is 0 Å². The number of hydrazone groups is 1. The number of aromatic hydroxyl groups is 1. The van der Waals surface area contributed by atoms with E-state index >= 15 is 0 Å². The summed E-state index contributed by atoms with van der Waals surface area (Å²) in [5.41, 5.74) is 1.16. The van der Waals surface area contributed by atoms with Gasteiger partial charge in [-0.05, 0) is 22.0 Å². The van der Waals surface area contributed by atoms with Crippen LogP contribution in [0.1, 0.15) is 15.9 Å². The molecule has 2 aromatic carbocycles. The fourth-order valence-electron chi connectivity index (χ4n) is 1.85. The van der Waals surface area contributed by atoms with Crippen molar-refractivity contribution in [1.29, 1.82) is 0 Å². The highest BCUT2D eigenvalue weighted by Gasteiger charge is 2.19. The number of amides is 1. The first-order valence-corrected chi connectivity index (χ1v) is 7.34. The van der Waals surface area contributed by atoms with Gasteiger partial charge in [-0.1, -0.05) is 12.1 Å². The quantitative estimate of drug-likeness (QED) is 0.441. The molecule has 0 heterocycles. The standard InChI is InChI=1S/C14H9BrN4O6/c15-11-6-9(18(22)23)5-8(13(11)20)7-16-17-14(21)10-3-1-2-4-12(10)19(24)25/h1-7,20H,(H,17,21)/b16-7-. The van der Waals surface area contributed by atoms with E-state index in [2.05, 4.69) is 26.5 Å². The second kappa shape index (κ2) is 7.49. The summed E-state index contributed by atoms with van der Waals surface area (Å²) in [6.07, 6.45) is 0.986. The van der Waals surface area contributed by atoms with E-state index in [9.17, 15) is 30.1 Å². The Hall–Kier alpha value is -3.34. The van der Waals surface area contributed by atoms with Gasteiger partial charge in [-0.2, -0.15) is 5.10 Å². The van der Waals surface area contributed by atoms with Crippen LogP contribution < -0.4 is 5.43 Å². The van der Waals surface area contributed by atoms with E-state index in [1.54, 1.807) is 0 Å². The number of phenols is 1. The van der Waals surface area contributed by atoms with Crippen molar-refractivity contribution in [1.82, 2.24) is 5.43 Å². The van der Waals surface area contributed by atoms with Crippen LogP contribution in [-0.4, -0.2) is 27.1 Å². The summed E-state index contributed by atoms with van der Waals surface area (Å²) in [6.45, 7) is 0. The summed E-state index contributed by atoms with van der Waals surface area (Å²) < 4.78 is 0.0770. The largest absolute Gasteiger partial charge is 0.506 e. The topological polar surface area (TPSA) is 148 Å². The molecule has 2 rings (SSSR count). The van der Waals surface area contributed by atoms with Crippen LogP contribution in [0.25, 0.3) is 0 Å². The number of carbonyl (C=O) groups excluding carboxylic acids is 1. The third-order valence-electron chi connectivity index (χ3n) is 3.00. The number of non-ortho nitro benzene ring substituents is 1. The molecule has 0 unspecified atom stereocenters. The highest BCUT2D eigenvalue weighted by atomic mass is 79.9. The van der Waals surface area contributed by atoms with Gasteiger partial charge in [-0.3, -0.25) is 25.0 Å². The van der Waals surface area contributed by atoms with Gasteiger partial charge in [0.25, 0.3) is 17.3 Å². The zero-order valence-corrected chi connectivity index (χ0v) is 13.8. The van der Waals surface area contributed by atoms with Gasteiger partial charge < -0.3 is 5.11 Å². The number of hydrogen-bond donors (Lipinski definition) is 2. The van der Waals surface area contributed by atoms with Crippen LogP contribution in [-0.2, 0) is 0 Å². The summed E-state index contributed by atoms with van der Waals surface area (Å²) in [5.74, 6) is -1.15. The fourth-order valence-corrected chi connectivity index (χ4v) is 2.32. The SMILES string of the molecule is O=C(N/N=C\c1cc([N+](=O)[O-])cc(Br)c1O)c1ccccc1[N+](=O)[O-]. The van der Waals surface area contributed by atoms with Crippen LogP contribution in [0.5, 0.6) is 5.75 Å². The lowest BCUT2D eigenvalue weighted by Crippen LogP contribution is -2.19. The molecule has 0 atom stereocenters. The third kappa shape index (κ3) is 4.14. The van der Waals surface area contributed by atoms with Crippen molar-refractivity contribution in [2.75, 3.05) is 0 Å². The molecule has 2 N–H and O–H groups in total. The van der Waals surface area contributed by atoms with Crippen LogP contribution in [0, 0.1) is 20.2 Å². The Balaban J connectivity index is 2.23. The predicted octanol–water partition coefficient (Wildman–Crippen LogP) is 2.74. The van der Waals surface area contributed by atoms with E-state index in [1.165, 1.54) is 24.3 Å². The predicted molar refractivity (Wildman–Crippen MR) is 90.6 cm³/mol. The molecule has 0 bridgehead atoms. The number of para-hydroxylation sites is 1. The number of nitrogens with one attached hydrogen (secondary N) is 1. The molecule has 25 heavy (non-hydrogen) atoms. The van der Waals surface area contributed by atoms with Gasteiger partial charge in [-0.25, -0.2) is 5.43 Å². The first kappa shape index (κ1) is 18.0. The number of rotatable bonds is 5. The normalized spacial score (nSPS) is 10.6. The first-order chi connectivity index (χ1) is 11.8. The lowest BCUT2D eigenvalue weighted by molar-refractivity contribution is -0.385. The molecule has 11 heteroatoms. The third-order valence-corrected chi connectivity index (χ3v) is 3.61. The Kier molecular flexibility index (Phi) is 5.39. The molecule has 0 aromatic heterocycles. The summed E-state index contributed by atoms with van der Waals surface area (Å²) >= 11 is 2.97. The van der Waals surface area contributed by atoms with Gasteiger partial charge in [0.15, 0.2) is 0 Å². The number of nitro groups is 2. The van der Waals surface area contributed by atoms with Gasteiger partial charge >= 0.3 is 0 Å². The number of nitro benzene ring substituents is 2. The van der Waals surface area contributed by atoms with Crippen molar-refractivity contribution in [3.05, 3.63) is 72.2 Å². The monoisotopic (exact) mass is 408 g/mol. The summed E-state index contributed by atoms with van der Waals surface area (Å²) in [4.78, 5) is 32.3. The van der Waals surface area contributed by atoms with Crippen molar-refractivity contribution in [2.24, 2.45) is 5.10 Å². The highest BCUT2D eigenvalue weighted by Crippen LogP contribution is 2.31.